The van der Waals surface area contributed by atoms with E-state index in [2.05, 4.69) is 42.6 Å². The number of nitrogens with zero attached hydrogens (tertiary/aromatic N) is 1. The molecular weight excluding hydrogens is 250 g/mol. The summed E-state index contributed by atoms with van der Waals surface area (Å²) in [5.74, 6) is 1.68. The topological polar surface area (TPSA) is 12.9 Å². The Bertz CT molecular complexity index is 509. The molecule has 1 saturated carbocycles. The van der Waals surface area contributed by atoms with Crippen LogP contribution in [0, 0.1) is 5.92 Å². The van der Waals surface area contributed by atoms with Gasteiger partial charge < -0.3 is 0 Å². The van der Waals surface area contributed by atoms with Crippen LogP contribution in [-0.2, 0) is 0 Å². The molecule has 1 nitrogen and oxygen atoms in total. The normalized spacial score (nSPS) is 23.4. The Kier molecular flexibility index (Phi) is 3.97. The summed E-state index contributed by atoms with van der Waals surface area (Å²) in [6, 6.07) is 10.5. The van der Waals surface area contributed by atoms with Crippen LogP contribution in [0.4, 0.5) is 0 Å². The zero-order chi connectivity index (χ0) is 13.1. The van der Waals surface area contributed by atoms with E-state index in [1.165, 1.54) is 42.7 Å². The highest BCUT2D eigenvalue weighted by Crippen LogP contribution is 2.38. The fraction of sp³-hybridized carbons (Fsp3) is 0.471. The summed E-state index contributed by atoms with van der Waals surface area (Å²) < 4.78 is 0. The summed E-state index contributed by atoms with van der Waals surface area (Å²) in [6.45, 7) is 2.32. The van der Waals surface area contributed by atoms with Gasteiger partial charge in [-0.3, -0.25) is 0 Å². The Morgan fingerprint density at radius 3 is 2.53 bits per heavy atom. The fourth-order valence-electron chi connectivity index (χ4n) is 3.03. The van der Waals surface area contributed by atoms with Gasteiger partial charge in [-0.2, -0.15) is 0 Å². The van der Waals surface area contributed by atoms with Crippen molar-refractivity contribution in [1.29, 1.82) is 0 Å². The molecule has 1 fully saturated rings. The molecule has 100 valence electrons. The molecule has 0 bridgehead atoms. The standard InChI is InChI=1S/C17H21NS/c1-2-13-8-10-15(11-9-13)17-18-16(12-19-17)14-6-4-3-5-7-14/h3-7,12-13,15H,2,8-11H2,1H3. The van der Waals surface area contributed by atoms with Gasteiger partial charge in [-0.1, -0.05) is 43.7 Å². The molecule has 1 aromatic heterocycles. The average Bonchev–Trinajstić information content (AvgIpc) is 2.98. The van der Waals surface area contributed by atoms with E-state index in [9.17, 15) is 0 Å². The molecule has 3 rings (SSSR count). The lowest BCUT2D eigenvalue weighted by Crippen LogP contribution is -2.12. The summed E-state index contributed by atoms with van der Waals surface area (Å²) in [6.07, 6.45) is 6.79. The van der Waals surface area contributed by atoms with Gasteiger partial charge in [0, 0.05) is 16.9 Å². The van der Waals surface area contributed by atoms with Gasteiger partial charge in [0.25, 0.3) is 0 Å². The highest BCUT2D eigenvalue weighted by Gasteiger charge is 2.23. The van der Waals surface area contributed by atoms with Crippen LogP contribution in [0.15, 0.2) is 35.7 Å². The number of hydrogen-bond donors (Lipinski definition) is 0. The maximum Gasteiger partial charge on any atom is 0.0963 e. The Labute approximate surface area is 119 Å². The first-order chi connectivity index (χ1) is 9.36. The molecule has 0 saturated heterocycles. The molecule has 0 atom stereocenters. The second-order valence-corrected chi connectivity index (χ2v) is 6.45. The van der Waals surface area contributed by atoms with Crippen LogP contribution in [0.1, 0.15) is 50.0 Å². The molecule has 0 N–H and O–H groups in total. The van der Waals surface area contributed by atoms with Crippen molar-refractivity contribution in [3.8, 4) is 11.3 Å². The molecule has 1 heterocycles. The number of aromatic nitrogens is 1. The van der Waals surface area contributed by atoms with Gasteiger partial charge >= 0.3 is 0 Å². The van der Waals surface area contributed by atoms with Crippen molar-refractivity contribution in [2.75, 3.05) is 0 Å². The monoisotopic (exact) mass is 271 g/mol. The largest absolute Gasteiger partial charge is 0.241 e. The highest BCUT2D eigenvalue weighted by atomic mass is 32.1. The maximum atomic E-state index is 4.87. The minimum absolute atomic E-state index is 0.713. The third-order valence-corrected chi connectivity index (χ3v) is 5.37. The molecule has 1 aromatic carbocycles. The van der Waals surface area contributed by atoms with Crippen LogP contribution < -0.4 is 0 Å². The quantitative estimate of drug-likeness (QED) is 0.719. The molecule has 0 spiro atoms. The van der Waals surface area contributed by atoms with E-state index >= 15 is 0 Å². The molecule has 1 aliphatic rings. The van der Waals surface area contributed by atoms with Gasteiger partial charge in [0.2, 0.25) is 0 Å². The second kappa shape index (κ2) is 5.87. The van der Waals surface area contributed by atoms with E-state index in [1.807, 2.05) is 11.3 Å². The van der Waals surface area contributed by atoms with Crippen LogP contribution in [-0.4, -0.2) is 4.98 Å². The smallest absolute Gasteiger partial charge is 0.0963 e. The number of benzene rings is 1. The maximum absolute atomic E-state index is 4.87. The van der Waals surface area contributed by atoms with Crippen molar-refractivity contribution in [3.05, 3.63) is 40.7 Å². The van der Waals surface area contributed by atoms with E-state index in [1.54, 1.807) is 0 Å². The number of hydrogen-bond acceptors (Lipinski definition) is 2. The third kappa shape index (κ3) is 2.89. The molecular formula is C17H21NS. The highest BCUT2D eigenvalue weighted by molar-refractivity contribution is 7.10. The van der Waals surface area contributed by atoms with Gasteiger partial charge in [-0.05, 0) is 31.6 Å². The summed E-state index contributed by atoms with van der Waals surface area (Å²) in [5, 5.41) is 3.57. The predicted octanol–water partition coefficient (Wildman–Crippen LogP) is 5.49. The van der Waals surface area contributed by atoms with Crippen molar-refractivity contribution in [3.63, 3.8) is 0 Å². The number of rotatable bonds is 3. The molecule has 2 aromatic rings. The van der Waals surface area contributed by atoms with Crippen molar-refractivity contribution >= 4 is 11.3 Å². The Balaban J connectivity index is 1.72. The Morgan fingerprint density at radius 1 is 1.11 bits per heavy atom. The molecule has 19 heavy (non-hydrogen) atoms. The van der Waals surface area contributed by atoms with E-state index in [0.717, 1.165) is 11.6 Å². The van der Waals surface area contributed by atoms with Gasteiger partial charge in [-0.15, -0.1) is 11.3 Å². The van der Waals surface area contributed by atoms with Crippen molar-refractivity contribution in [2.45, 2.75) is 44.9 Å². The molecule has 2 heteroatoms. The predicted molar refractivity (Wildman–Crippen MR) is 82.5 cm³/mol. The minimum atomic E-state index is 0.713. The van der Waals surface area contributed by atoms with Crippen molar-refractivity contribution in [1.82, 2.24) is 4.98 Å². The molecule has 0 aliphatic heterocycles. The summed E-state index contributed by atoms with van der Waals surface area (Å²) in [5.41, 5.74) is 2.39. The van der Waals surface area contributed by atoms with Crippen LogP contribution in [0.2, 0.25) is 0 Å². The molecule has 1 aliphatic carbocycles. The van der Waals surface area contributed by atoms with E-state index < -0.39 is 0 Å². The molecule has 0 amide bonds. The zero-order valence-electron chi connectivity index (χ0n) is 11.5. The van der Waals surface area contributed by atoms with Gasteiger partial charge in [-0.25, -0.2) is 4.98 Å². The molecule has 0 unspecified atom stereocenters. The number of thiazole rings is 1. The van der Waals surface area contributed by atoms with Crippen LogP contribution >= 0.6 is 11.3 Å². The summed E-state index contributed by atoms with van der Waals surface area (Å²) in [7, 11) is 0. The lowest BCUT2D eigenvalue weighted by molar-refractivity contribution is 0.318. The van der Waals surface area contributed by atoms with Gasteiger partial charge in [0.05, 0.1) is 10.7 Å². The summed E-state index contributed by atoms with van der Waals surface area (Å²) >= 11 is 1.85. The van der Waals surface area contributed by atoms with E-state index in [4.69, 9.17) is 4.98 Å². The lowest BCUT2D eigenvalue weighted by atomic mass is 9.81. The lowest BCUT2D eigenvalue weighted by Gasteiger charge is -2.26. The van der Waals surface area contributed by atoms with Crippen LogP contribution in [0.3, 0.4) is 0 Å². The van der Waals surface area contributed by atoms with Crippen LogP contribution in [0.25, 0.3) is 11.3 Å². The Morgan fingerprint density at radius 2 is 1.84 bits per heavy atom. The Hall–Kier alpha value is -1.15. The van der Waals surface area contributed by atoms with E-state index in [0.29, 0.717) is 5.92 Å². The second-order valence-electron chi connectivity index (χ2n) is 5.56. The first-order valence-corrected chi connectivity index (χ1v) is 8.25. The van der Waals surface area contributed by atoms with Crippen molar-refractivity contribution in [2.24, 2.45) is 5.92 Å². The van der Waals surface area contributed by atoms with Crippen LogP contribution in [0.5, 0.6) is 0 Å². The van der Waals surface area contributed by atoms with Gasteiger partial charge in [0.15, 0.2) is 0 Å². The minimum Gasteiger partial charge on any atom is -0.241 e. The first kappa shape index (κ1) is 12.9. The molecule has 0 radical (unpaired) electrons. The first-order valence-electron chi connectivity index (χ1n) is 7.37. The average molecular weight is 271 g/mol. The zero-order valence-corrected chi connectivity index (χ0v) is 12.3. The summed E-state index contributed by atoms with van der Waals surface area (Å²) in [4.78, 5) is 4.87. The fourth-order valence-corrected chi connectivity index (χ4v) is 4.03. The van der Waals surface area contributed by atoms with E-state index in [-0.39, 0.29) is 0 Å². The third-order valence-electron chi connectivity index (χ3n) is 4.36. The SMILES string of the molecule is CCC1CCC(c2nc(-c3ccccc3)cs2)CC1. The van der Waals surface area contributed by atoms with Crippen molar-refractivity contribution < 1.29 is 0 Å². The van der Waals surface area contributed by atoms with Gasteiger partial charge in [0.1, 0.15) is 0 Å².